The molecule has 0 heterocycles. The van der Waals surface area contributed by atoms with Crippen molar-refractivity contribution in [3.8, 4) is 66.8 Å². The maximum atomic E-state index is 2.34. The largest absolute Gasteiger partial charge is 0.0622 e. The minimum Gasteiger partial charge on any atom is -0.0622 e. The fourth-order valence-corrected chi connectivity index (χ4v) is 7.21. The van der Waals surface area contributed by atoms with Crippen molar-refractivity contribution >= 4 is 21.5 Å². The van der Waals surface area contributed by atoms with E-state index >= 15 is 0 Å². The number of hydrogen-bond acceptors (Lipinski definition) is 0. The van der Waals surface area contributed by atoms with Crippen LogP contribution in [-0.2, 0) is 0 Å². The second-order valence-corrected chi connectivity index (χ2v) is 13.0. The Kier molecular flexibility index (Phi) is 7.61. The van der Waals surface area contributed by atoms with E-state index in [4.69, 9.17) is 0 Å². The predicted molar refractivity (Wildman–Crippen MR) is 214 cm³/mol. The fraction of sp³-hybridized carbons (Fsp3) is 0. The number of hydrogen-bond donors (Lipinski definition) is 0. The fourth-order valence-electron chi connectivity index (χ4n) is 7.21. The van der Waals surface area contributed by atoms with Crippen molar-refractivity contribution in [1.82, 2.24) is 0 Å². The summed E-state index contributed by atoms with van der Waals surface area (Å²) in [5.74, 6) is 0. The average Bonchev–Trinajstić information content (AvgIpc) is 3.21. The van der Waals surface area contributed by atoms with E-state index in [9.17, 15) is 0 Å². The van der Waals surface area contributed by atoms with Gasteiger partial charge in [0.05, 0.1) is 0 Å². The second kappa shape index (κ2) is 12.8. The molecule has 0 amide bonds. The van der Waals surface area contributed by atoms with Crippen molar-refractivity contribution in [3.63, 3.8) is 0 Å². The Hall–Kier alpha value is -6.50. The van der Waals surface area contributed by atoms with Gasteiger partial charge in [0.2, 0.25) is 0 Å². The van der Waals surface area contributed by atoms with Gasteiger partial charge in [-0.05, 0) is 137 Å². The van der Waals surface area contributed by atoms with Crippen molar-refractivity contribution in [2.24, 2.45) is 0 Å². The molecule has 0 radical (unpaired) electrons. The lowest BCUT2D eigenvalue weighted by atomic mass is 9.90. The molecular weight excluding hydrogens is 601 g/mol. The van der Waals surface area contributed by atoms with Gasteiger partial charge in [-0.2, -0.15) is 0 Å². The molecule has 0 nitrogen and oxygen atoms in total. The van der Waals surface area contributed by atoms with Crippen LogP contribution in [0.2, 0.25) is 0 Å². The zero-order valence-corrected chi connectivity index (χ0v) is 27.6. The van der Waals surface area contributed by atoms with Crippen LogP contribution < -0.4 is 0 Å². The molecule has 9 aromatic carbocycles. The molecule has 50 heavy (non-hydrogen) atoms. The Balaban J connectivity index is 1.13. The van der Waals surface area contributed by atoms with Crippen LogP contribution in [-0.4, -0.2) is 0 Å². The summed E-state index contributed by atoms with van der Waals surface area (Å²) < 4.78 is 0. The number of fused-ring (bicyclic) bond motifs is 3. The minimum absolute atomic E-state index is 1.22. The molecule has 0 fully saturated rings. The third kappa shape index (κ3) is 5.78. The summed E-state index contributed by atoms with van der Waals surface area (Å²) in [6, 6.07) is 75.0. The topological polar surface area (TPSA) is 0 Å². The molecule has 0 unspecified atom stereocenters. The molecule has 0 bridgehead atoms. The molecule has 0 aliphatic carbocycles. The van der Waals surface area contributed by atoms with Gasteiger partial charge in [-0.1, -0.05) is 158 Å². The molecule has 9 aromatic rings. The molecule has 0 spiro atoms. The molecule has 0 saturated carbocycles. The Morgan fingerprint density at radius 1 is 0.160 bits per heavy atom. The zero-order chi connectivity index (χ0) is 33.3. The second-order valence-electron chi connectivity index (χ2n) is 13.0. The summed E-state index contributed by atoms with van der Waals surface area (Å²) in [5, 5.41) is 5.02. The van der Waals surface area contributed by atoms with Crippen molar-refractivity contribution < 1.29 is 0 Å². The lowest BCUT2D eigenvalue weighted by molar-refractivity contribution is 1.57. The van der Waals surface area contributed by atoms with Gasteiger partial charge in [-0.15, -0.1) is 0 Å². The lowest BCUT2D eigenvalue weighted by Crippen LogP contribution is -1.88. The Labute approximate surface area is 293 Å². The highest BCUT2D eigenvalue weighted by molar-refractivity contribution is 6.09. The molecule has 0 atom stereocenters. The van der Waals surface area contributed by atoms with Gasteiger partial charge >= 0.3 is 0 Å². The highest BCUT2D eigenvalue weighted by atomic mass is 14.2. The van der Waals surface area contributed by atoms with E-state index in [-0.39, 0.29) is 0 Å². The van der Waals surface area contributed by atoms with Crippen molar-refractivity contribution in [3.05, 3.63) is 206 Å². The Bertz CT molecular complexity index is 2300. The highest BCUT2D eigenvalue weighted by Crippen LogP contribution is 2.38. The van der Waals surface area contributed by atoms with Gasteiger partial charge in [0.15, 0.2) is 0 Å². The van der Waals surface area contributed by atoms with Crippen LogP contribution in [0.25, 0.3) is 88.3 Å². The van der Waals surface area contributed by atoms with E-state index in [1.807, 2.05) is 0 Å². The van der Waals surface area contributed by atoms with Crippen LogP contribution in [0, 0.1) is 0 Å². The Morgan fingerprint density at radius 2 is 0.420 bits per heavy atom. The first-order valence-electron chi connectivity index (χ1n) is 17.2. The van der Waals surface area contributed by atoms with E-state index in [0.717, 1.165) is 0 Å². The smallest absolute Gasteiger partial charge is 0.0105 e. The normalized spacial score (nSPS) is 11.2. The SMILES string of the molecule is c1ccc(-c2cc(-c3ccccc3)cc(-c3ccc4c(ccc5cc(-c6cc(-c7ccccc7)cc(-c7ccccc7)c6)ccc54)c3)c2)cc1. The van der Waals surface area contributed by atoms with Crippen LogP contribution in [0.1, 0.15) is 0 Å². The van der Waals surface area contributed by atoms with Crippen molar-refractivity contribution in [1.29, 1.82) is 0 Å². The molecule has 0 aliphatic heterocycles. The minimum atomic E-state index is 1.22. The Morgan fingerprint density at radius 3 is 0.700 bits per heavy atom. The molecule has 234 valence electrons. The van der Waals surface area contributed by atoms with E-state index in [1.54, 1.807) is 0 Å². The average molecular weight is 635 g/mol. The van der Waals surface area contributed by atoms with Gasteiger partial charge in [0, 0.05) is 0 Å². The first kappa shape index (κ1) is 29.6. The van der Waals surface area contributed by atoms with E-state index in [0.29, 0.717) is 0 Å². The molecular formula is C50H34. The van der Waals surface area contributed by atoms with Crippen LogP contribution in [0.3, 0.4) is 0 Å². The quantitative estimate of drug-likeness (QED) is 0.160. The summed E-state index contributed by atoms with van der Waals surface area (Å²) in [6.07, 6.45) is 0. The van der Waals surface area contributed by atoms with Gasteiger partial charge in [0.25, 0.3) is 0 Å². The van der Waals surface area contributed by atoms with Gasteiger partial charge in [0.1, 0.15) is 0 Å². The first-order chi connectivity index (χ1) is 24.7. The number of rotatable bonds is 6. The molecule has 0 saturated heterocycles. The van der Waals surface area contributed by atoms with Crippen molar-refractivity contribution in [2.75, 3.05) is 0 Å². The molecule has 9 rings (SSSR count). The maximum Gasteiger partial charge on any atom is -0.0105 e. The zero-order valence-electron chi connectivity index (χ0n) is 27.6. The van der Waals surface area contributed by atoms with Crippen LogP contribution >= 0.6 is 0 Å². The molecule has 0 N–H and O–H groups in total. The third-order valence-electron chi connectivity index (χ3n) is 9.80. The van der Waals surface area contributed by atoms with Crippen molar-refractivity contribution in [2.45, 2.75) is 0 Å². The summed E-state index contributed by atoms with van der Waals surface area (Å²) >= 11 is 0. The molecule has 0 aliphatic rings. The van der Waals surface area contributed by atoms with Gasteiger partial charge < -0.3 is 0 Å². The predicted octanol–water partition coefficient (Wildman–Crippen LogP) is 14.0. The molecule has 0 aromatic heterocycles. The van der Waals surface area contributed by atoms with Crippen LogP contribution in [0.5, 0.6) is 0 Å². The van der Waals surface area contributed by atoms with Gasteiger partial charge in [-0.3, -0.25) is 0 Å². The molecule has 0 heteroatoms. The van der Waals surface area contributed by atoms with E-state index in [2.05, 4.69) is 206 Å². The highest BCUT2D eigenvalue weighted by Gasteiger charge is 2.11. The van der Waals surface area contributed by atoms with Crippen LogP contribution in [0.15, 0.2) is 206 Å². The first-order valence-corrected chi connectivity index (χ1v) is 17.2. The third-order valence-corrected chi connectivity index (χ3v) is 9.80. The summed E-state index contributed by atoms with van der Waals surface area (Å²) in [7, 11) is 0. The summed E-state index contributed by atoms with van der Waals surface area (Å²) in [6.45, 7) is 0. The standard InChI is InChI=1S/C50H34/c1-5-13-35(14-6-1)43-29-44(36-15-7-2-8-16-36)32-47(31-43)39-23-25-49-41(27-39)21-22-42-28-40(24-26-50(42)49)48-33-45(37-17-9-3-10-18-37)30-46(34-48)38-19-11-4-12-20-38/h1-34H. The lowest BCUT2D eigenvalue weighted by Gasteiger charge is -2.14. The van der Waals surface area contributed by atoms with E-state index < -0.39 is 0 Å². The van der Waals surface area contributed by atoms with E-state index in [1.165, 1.54) is 88.3 Å². The summed E-state index contributed by atoms with van der Waals surface area (Å²) in [4.78, 5) is 0. The van der Waals surface area contributed by atoms with Crippen LogP contribution in [0.4, 0.5) is 0 Å². The maximum absolute atomic E-state index is 2.34. The summed E-state index contributed by atoms with van der Waals surface area (Å²) in [5.41, 5.74) is 14.6. The van der Waals surface area contributed by atoms with Gasteiger partial charge in [-0.25, -0.2) is 0 Å². The number of benzene rings is 9. The monoisotopic (exact) mass is 634 g/mol.